The highest BCUT2D eigenvalue weighted by Gasteiger charge is 2.25. The van der Waals surface area contributed by atoms with Gasteiger partial charge in [-0.05, 0) is 38.3 Å². The average Bonchev–Trinajstić information content (AvgIpc) is 3.34. The topological polar surface area (TPSA) is 61.3 Å². The third-order valence-corrected chi connectivity index (χ3v) is 6.39. The molecule has 0 spiro atoms. The maximum absolute atomic E-state index is 5.06. The zero-order chi connectivity index (χ0) is 18.9. The molecule has 0 N–H and O–H groups in total. The Kier molecular flexibility index (Phi) is 4.72. The summed E-state index contributed by atoms with van der Waals surface area (Å²) in [5, 5.41) is 1.03. The van der Waals surface area contributed by atoms with Crippen LogP contribution in [-0.2, 0) is 0 Å². The van der Waals surface area contributed by atoms with Crippen molar-refractivity contribution in [2.45, 2.75) is 26.2 Å². The third kappa shape index (κ3) is 3.37. The zero-order valence-electron chi connectivity index (χ0n) is 16.2. The van der Waals surface area contributed by atoms with Gasteiger partial charge in [0.15, 0.2) is 11.6 Å². The number of aromatic nitrogens is 4. The number of hydrogen-bond donors (Lipinski definition) is 0. The molecule has 0 amide bonds. The molecule has 146 valence electrons. The van der Waals surface area contributed by atoms with E-state index in [4.69, 9.17) is 9.97 Å². The molecular formula is C20H25N7S. The highest BCUT2D eigenvalue weighted by atomic mass is 32.1. The highest BCUT2D eigenvalue weighted by Crippen LogP contribution is 2.31. The molecule has 8 heteroatoms. The fourth-order valence-corrected chi connectivity index (χ4v) is 4.80. The van der Waals surface area contributed by atoms with E-state index in [1.165, 1.54) is 24.4 Å². The molecule has 2 saturated heterocycles. The largest absolute Gasteiger partial charge is 0.354 e. The smallest absolute Gasteiger partial charge is 0.205 e. The van der Waals surface area contributed by atoms with Crippen molar-refractivity contribution in [1.29, 1.82) is 0 Å². The van der Waals surface area contributed by atoms with Gasteiger partial charge in [-0.15, -0.1) is 0 Å². The van der Waals surface area contributed by atoms with Crippen molar-refractivity contribution >= 4 is 39.3 Å². The second-order valence-electron chi connectivity index (χ2n) is 7.51. The van der Waals surface area contributed by atoms with Crippen LogP contribution < -0.4 is 14.7 Å². The van der Waals surface area contributed by atoms with Gasteiger partial charge in [0.05, 0.1) is 11.0 Å². The number of hydrogen-bond acceptors (Lipinski definition) is 8. The molecule has 4 heterocycles. The van der Waals surface area contributed by atoms with Gasteiger partial charge < -0.3 is 14.7 Å². The summed E-state index contributed by atoms with van der Waals surface area (Å²) < 4.78 is 4.35. The van der Waals surface area contributed by atoms with E-state index in [0.717, 1.165) is 79.3 Å². The Morgan fingerprint density at radius 3 is 1.93 bits per heavy atom. The molecule has 0 unspecified atom stereocenters. The SMILES string of the molecule is Cc1nsc(N2CCCN(c3nc4ccccc4nc3N3CCCC3)CC2)n1. The Morgan fingerprint density at radius 1 is 0.714 bits per heavy atom. The predicted octanol–water partition coefficient (Wildman–Crippen LogP) is 3.11. The second-order valence-corrected chi connectivity index (χ2v) is 8.24. The molecule has 1 aromatic carbocycles. The molecule has 0 bridgehead atoms. The van der Waals surface area contributed by atoms with Crippen LogP contribution in [0.3, 0.4) is 0 Å². The number of para-hydroxylation sites is 2. The normalized spacial score (nSPS) is 18.1. The van der Waals surface area contributed by atoms with E-state index < -0.39 is 0 Å². The molecule has 2 fully saturated rings. The number of rotatable bonds is 3. The minimum Gasteiger partial charge on any atom is -0.354 e. The van der Waals surface area contributed by atoms with Crippen LogP contribution >= 0.6 is 11.5 Å². The zero-order valence-corrected chi connectivity index (χ0v) is 17.0. The van der Waals surface area contributed by atoms with Gasteiger partial charge in [-0.25, -0.2) is 15.0 Å². The molecule has 3 aromatic rings. The van der Waals surface area contributed by atoms with Crippen LogP contribution in [0.2, 0.25) is 0 Å². The summed E-state index contributed by atoms with van der Waals surface area (Å²) in [4.78, 5) is 21.9. The van der Waals surface area contributed by atoms with Gasteiger partial charge in [-0.1, -0.05) is 12.1 Å². The van der Waals surface area contributed by atoms with E-state index in [-0.39, 0.29) is 0 Å². The monoisotopic (exact) mass is 395 g/mol. The lowest BCUT2D eigenvalue weighted by Gasteiger charge is -2.28. The Balaban J connectivity index is 1.46. The van der Waals surface area contributed by atoms with Gasteiger partial charge in [0.25, 0.3) is 0 Å². The Morgan fingerprint density at radius 2 is 1.29 bits per heavy atom. The number of anilines is 3. The quantitative estimate of drug-likeness (QED) is 0.675. The third-order valence-electron chi connectivity index (χ3n) is 5.52. The summed E-state index contributed by atoms with van der Waals surface area (Å²) in [7, 11) is 0. The van der Waals surface area contributed by atoms with Gasteiger partial charge in [-0.2, -0.15) is 4.37 Å². The standard InChI is InChI=1S/C20H25N7S/c1-15-21-20(28-24-15)27-12-6-11-26(13-14-27)19-18(25-9-4-5-10-25)22-16-7-2-3-8-17(16)23-19/h2-3,7-8H,4-6,9-14H2,1H3. The first-order valence-electron chi connectivity index (χ1n) is 10.1. The predicted molar refractivity (Wildman–Crippen MR) is 115 cm³/mol. The number of benzene rings is 1. The Labute approximate surface area is 169 Å². The number of fused-ring (bicyclic) bond motifs is 1. The van der Waals surface area contributed by atoms with Crippen molar-refractivity contribution < 1.29 is 0 Å². The van der Waals surface area contributed by atoms with Crippen molar-refractivity contribution in [3.8, 4) is 0 Å². The van der Waals surface area contributed by atoms with E-state index in [0.29, 0.717) is 0 Å². The molecule has 0 atom stereocenters. The van der Waals surface area contributed by atoms with Crippen molar-refractivity contribution in [2.75, 3.05) is 54.0 Å². The summed E-state index contributed by atoms with van der Waals surface area (Å²) in [6.45, 7) is 7.95. The van der Waals surface area contributed by atoms with E-state index in [1.54, 1.807) is 0 Å². The fraction of sp³-hybridized carbons (Fsp3) is 0.500. The molecule has 5 rings (SSSR count). The van der Waals surface area contributed by atoms with Crippen LogP contribution in [-0.4, -0.2) is 58.6 Å². The van der Waals surface area contributed by atoms with Gasteiger partial charge in [0, 0.05) is 50.8 Å². The molecule has 0 saturated carbocycles. The van der Waals surface area contributed by atoms with Crippen molar-refractivity contribution in [3.05, 3.63) is 30.1 Å². The first kappa shape index (κ1) is 17.6. The number of nitrogens with zero attached hydrogens (tertiary/aromatic N) is 7. The van der Waals surface area contributed by atoms with Crippen LogP contribution in [0.4, 0.5) is 16.8 Å². The van der Waals surface area contributed by atoms with Gasteiger partial charge in [0.1, 0.15) is 5.82 Å². The first-order chi connectivity index (χ1) is 13.8. The molecule has 2 aromatic heterocycles. The lowest BCUT2D eigenvalue weighted by atomic mass is 10.3. The lowest BCUT2D eigenvalue weighted by Crippen LogP contribution is -2.33. The van der Waals surface area contributed by atoms with Crippen LogP contribution in [0.1, 0.15) is 25.1 Å². The van der Waals surface area contributed by atoms with E-state index in [1.807, 2.05) is 19.1 Å². The fourth-order valence-electron chi connectivity index (χ4n) is 4.07. The Bertz CT molecular complexity index is 966. The minimum absolute atomic E-state index is 0.859. The average molecular weight is 396 g/mol. The summed E-state index contributed by atoms with van der Waals surface area (Å²) in [5.74, 6) is 2.95. The first-order valence-corrected chi connectivity index (χ1v) is 10.9. The molecular weight excluding hydrogens is 370 g/mol. The van der Waals surface area contributed by atoms with Gasteiger partial charge in [0.2, 0.25) is 5.13 Å². The maximum Gasteiger partial charge on any atom is 0.205 e. The lowest BCUT2D eigenvalue weighted by molar-refractivity contribution is 0.791. The van der Waals surface area contributed by atoms with E-state index in [9.17, 15) is 0 Å². The summed E-state index contributed by atoms with van der Waals surface area (Å²) in [5.41, 5.74) is 1.95. The van der Waals surface area contributed by atoms with Crippen LogP contribution in [0.5, 0.6) is 0 Å². The number of aryl methyl sites for hydroxylation is 1. The minimum atomic E-state index is 0.859. The molecule has 2 aliphatic heterocycles. The maximum atomic E-state index is 5.06. The summed E-state index contributed by atoms with van der Waals surface area (Å²) >= 11 is 1.50. The van der Waals surface area contributed by atoms with Crippen molar-refractivity contribution in [1.82, 2.24) is 19.3 Å². The van der Waals surface area contributed by atoms with Gasteiger partial charge in [-0.3, -0.25) is 0 Å². The summed E-state index contributed by atoms with van der Waals surface area (Å²) in [6, 6.07) is 8.21. The molecule has 7 nitrogen and oxygen atoms in total. The summed E-state index contributed by atoms with van der Waals surface area (Å²) in [6.07, 6.45) is 3.54. The molecule has 2 aliphatic rings. The second kappa shape index (κ2) is 7.50. The van der Waals surface area contributed by atoms with Crippen molar-refractivity contribution in [3.63, 3.8) is 0 Å². The molecule has 0 aliphatic carbocycles. The van der Waals surface area contributed by atoms with E-state index >= 15 is 0 Å². The van der Waals surface area contributed by atoms with Gasteiger partial charge >= 0.3 is 0 Å². The molecule has 28 heavy (non-hydrogen) atoms. The van der Waals surface area contributed by atoms with Crippen LogP contribution in [0.15, 0.2) is 24.3 Å². The van der Waals surface area contributed by atoms with Crippen LogP contribution in [0, 0.1) is 6.92 Å². The Hall–Kier alpha value is -2.48. The van der Waals surface area contributed by atoms with Crippen molar-refractivity contribution in [2.24, 2.45) is 0 Å². The molecule has 0 radical (unpaired) electrons. The highest BCUT2D eigenvalue weighted by molar-refractivity contribution is 7.09. The van der Waals surface area contributed by atoms with E-state index in [2.05, 4.69) is 36.2 Å². The van der Waals surface area contributed by atoms with Crippen LogP contribution in [0.25, 0.3) is 11.0 Å².